The molecule has 21 heavy (non-hydrogen) atoms. The summed E-state index contributed by atoms with van der Waals surface area (Å²) in [5.74, 6) is 1.53. The Labute approximate surface area is 133 Å². The second kappa shape index (κ2) is 5.70. The Bertz CT molecular complexity index is 685. The number of hydrogen-bond donors (Lipinski definition) is 1. The molecule has 2 N–H and O–H groups in total. The smallest absolute Gasteiger partial charge is 0.162 e. The molecule has 1 atom stereocenters. The molecule has 1 aliphatic heterocycles. The number of nitrogens with two attached hydrogens (primary N) is 1. The van der Waals surface area contributed by atoms with Gasteiger partial charge in [0.1, 0.15) is 13.2 Å². The minimum atomic E-state index is -0.198. The van der Waals surface area contributed by atoms with Gasteiger partial charge in [-0.15, -0.1) is 0 Å². The Morgan fingerprint density at radius 2 is 1.67 bits per heavy atom. The highest BCUT2D eigenvalue weighted by Gasteiger charge is 2.20. The molecule has 0 amide bonds. The van der Waals surface area contributed by atoms with E-state index in [-0.39, 0.29) is 6.04 Å². The largest absolute Gasteiger partial charge is 0.486 e. The van der Waals surface area contributed by atoms with Gasteiger partial charge in [0, 0.05) is 4.47 Å². The van der Waals surface area contributed by atoms with E-state index in [9.17, 15) is 0 Å². The van der Waals surface area contributed by atoms with Crippen LogP contribution >= 0.6 is 15.9 Å². The van der Waals surface area contributed by atoms with Crippen LogP contribution in [0.3, 0.4) is 0 Å². The average molecular weight is 348 g/mol. The number of halogens is 1. The van der Waals surface area contributed by atoms with Crippen LogP contribution in [0.15, 0.2) is 34.8 Å². The van der Waals surface area contributed by atoms with E-state index in [1.54, 1.807) is 0 Å². The summed E-state index contributed by atoms with van der Waals surface area (Å²) in [5.41, 5.74) is 11.0. The van der Waals surface area contributed by atoms with Crippen molar-refractivity contribution in [2.75, 3.05) is 13.2 Å². The summed E-state index contributed by atoms with van der Waals surface area (Å²) in [4.78, 5) is 0. The fourth-order valence-corrected chi connectivity index (χ4v) is 3.23. The van der Waals surface area contributed by atoms with Crippen LogP contribution in [0, 0.1) is 13.8 Å². The summed E-state index contributed by atoms with van der Waals surface area (Å²) in [6.07, 6.45) is 0. The lowest BCUT2D eigenvalue weighted by Gasteiger charge is -2.23. The quantitative estimate of drug-likeness (QED) is 0.896. The SMILES string of the molecule is Cc1ccc(C(N)c2cc3c(cc2Br)OCCO3)c(C)c1. The molecule has 3 nitrogen and oxygen atoms in total. The van der Waals surface area contributed by atoms with Crippen molar-refractivity contribution >= 4 is 15.9 Å². The van der Waals surface area contributed by atoms with E-state index in [1.807, 2.05) is 12.1 Å². The second-order valence-corrected chi connectivity index (χ2v) is 6.21. The molecular weight excluding hydrogens is 330 g/mol. The Morgan fingerprint density at radius 3 is 2.33 bits per heavy atom. The maximum atomic E-state index is 6.47. The highest BCUT2D eigenvalue weighted by molar-refractivity contribution is 9.10. The molecule has 3 rings (SSSR count). The van der Waals surface area contributed by atoms with Crippen LogP contribution in [-0.4, -0.2) is 13.2 Å². The third kappa shape index (κ3) is 2.78. The summed E-state index contributed by atoms with van der Waals surface area (Å²) < 4.78 is 12.2. The minimum absolute atomic E-state index is 0.198. The predicted molar refractivity (Wildman–Crippen MR) is 87.1 cm³/mol. The van der Waals surface area contributed by atoms with Crippen molar-refractivity contribution in [1.82, 2.24) is 0 Å². The Morgan fingerprint density at radius 1 is 1.00 bits per heavy atom. The fourth-order valence-electron chi connectivity index (χ4n) is 2.66. The zero-order valence-corrected chi connectivity index (χ0v) is 13.7. The predicted octanol–water partition coefficient (Wildman–Crippen LogP) is 3.89. The van der Waals surface area contributed by atoms with Crippen LogP contribution in [0.5, 0.6) is 11.5 Å². The molecule has 110 valence electrons. The van der Waals surface area contributed by atoms with Gasteiger partial charge in [0.2, 0.25) is 0 Å². The number of aryl methyl sites for hydroxylation is 2. The van der Waals surface area contributed by atoms with E-state index in [0.717, 1.165) is 27.1 Å². The van der Waals surface area contributed by atoms with Crippen LogP contribution in [-0.2, 0) is 0 Å². The van der Waals surface area contributed by atoms with Gasteiger partial charge >= 0.3 is 0 Å². The first-order valence-electron chi connectivity index (χ1n) is 6.98. The number of rotatable bonds is 2. The Hall–Kier alpha value is -1.52. The lowest BCUT2D eigenvalue weighted by molar-refractivity contribution is 0.171. The fraction of sp³-hybridized carbons (Fsp3) is 0.294. The van der Waals surface area contributed by atoms with E-state index < -0.39 is 0 Å². The van der Waals surface area contributed by atoms with Gasteiger partial charge in [-0.1, -0.05) is 39.7 Å². The van der Waals surface area contributed by atoms with Crippen LogP contribution in [0.2, 0.25) is 0 Å². The van der Waals surface area contributed by atoms with Crippen LogP contribution < -0.4 is 15.2 Å². The van der Waals surface area contributed by atoms with Crippen molar-refractivity contribution in [2.24, 2.45) is 5.73 Å². The normalized spacial score (nSPS) is 14.9. The summed E-state index contributed by atoms with van der Waals surface area (Å²) >= 11 is 3.60. The third-order valence-corrected chi connectivity index (χ3v) is 4.44. The first-order valence-corrected chi connectivity index (χ1v) is 7.77. The molecule has 0 spiro atoms. The second-order valence-electron chi connectivity index (χ2n) is 5.36. The molecule has 1 heterocycles. The number of ether oxygens (including phenoxy) is 2. The molecule has 0 radical (unpaired) electrons. The van der Waals surface area contributed by atoms with Gasteiger partial charge in [-0.05, 0) is 42.7 Å². The van der Waals surface area contributed by atoms with Gasteiger partial charge in [-0.3, -0.25) is 0 Å². The van der Waals surface area contributed by atoms with E-state index in [1.165, 1.54) is 11.1 Å². The van der Waals surface area contributed by atoms with E-state index >= 15 is 0 Å². The van der Waals surface area contributed by atoms with Crippen LogP contribution in [0.25, 0.3) is 0 Å². The summed E-state index contributed by atoms with van der Waals surface area (Å²) in [5, 5.41) is 0. The highest BCUT2D eigenvalue weighted by atomic mass is 79.9. The summed E-state index contributed by atoms with van der Waals surface area (Å²) in [6, 6.07) is 10.1. The molecule has 0 fully saturated rings. The van der Waals surface area contributed by atoms with Crippen LogP contribution in [0.1, 0.15) is 28.3 Å². The van der Waals surface area contributed by atoms with Crippen molar-refractivity contribution in [3.63, 3.8) is 0 Å². The van der Waals surface area contributed by atoms with E-state index in [0.29, 0.717) is 13.2 Å². The van der Waals surface area contributed by atoms with Gasteiger partial charge in [0.15, 0.2) is 11.5 Å². The molecule has 0 aliphatic carbocycles. The van der Waals surface area contributed by atoms with Crippen molar-refractivity contribution in [1.29, 1.82) is 0 Å². The summed E-state index contributed by atoms with van der Waals surface area (Å²) in [6.45, 7) is 5.34. The van der Waals surface area contributed by atoms with Gasteiger partial charge < -0.3 is 15.2 Å². The van der Waals surface area contributed by atoms with Gasteiger partial charge in [0.05, 0.1) is 6.04 Å². The number of benzene rings is 2. The number of fused-ring (bicyclic) bond motifs is 1. The van der Waals surface area contributed by atoms with E-state index in [4.69, 9.17) is 15.2 Å². The maximum absolute atomic E-state index is 6.47. The van der Waals surface area contributed by atoms with Crippen molar-refractivity contribution in [3.05, 3.63) is 57.1 Å². The molecular formula is C17H18BrNO2. The van der Waals surface area contributed by atoms with Gasteiger partial charge in [0.25, 0.3) is 0 Å². The molecule has 0 saturated carbocycles. The standard InChI is InChI=1S/C17H18BrNO2/c1-10-3-4-12(11(2)7-10)17(19)13-8-15-16(9-14(13)18)21-6-5-20-15/h3-4,7-9,17H,5-6,19H2,1-2H3. The minimum Gasteiger partial charge on any atom is -0.486 e. The van der Waals surface area contributed by atoms with Crippen LogP contribution in [0.4, 0.5) is 0 Å². The zero-order chi connectivity index (χ0) is 15.0. The molecule has 2 aromatic carbocycles. The topological polar surface area (TPSA) is 44.5 Å². The molecule has 1 unspecified atom stereocenters. The molecule has 2 aromatic rings. The molecule has 1 aliphatic rings. The Kier molecular flexibility index (Phi) is 3.91. The average Bonchev–Trinajstić information content (AvgIpc) is 2.46. The van der Waals surface area contributed by atoms with Crippen molar-refractivity contribution in [2.45, 2.75) is 19.9 Å². The monoisotopic (exact) mass is 347 g/mol. The van der Waals surface area contributed by atoms with Crippen molar-refractivity contribution < 1.29 is 9.47 Å². The molecule has 0 saturated heterocycles. The zero-order valence-electron chi connectivity index (χ0n) is 12.2. The van der Waals surface area contributed by atoms with Gasteiger partial charge in [-0.25, -0.2) is 0 Å². The first-order chi connectivity index (χ1) is 10.1. The highest BCUT2D eigenvalue weighted by Crippen LogP contribution is 2.39. The first kappa shape index (κ1) is 14.4. The third-order valence-electron chi connectivity index (χ3n) is 3.76. The maximum Gasteiger partial charge on any atom is 0.162 e. The lowest BCUT2D eigenvalue weighted by Crippen LogP contribution is -2.18. The molecule has 4 heteroatoms. The van der Waals surface area contributed by atoms with Gasteiger partial charge in [-0.2, -0.15) is 0 Å². The molecule has 0 aromatic heterocycles. The van der Waals surface area contributed by atoms with E-state index in [2.05, 4.69) is 48.0 Å². The lowest BCUT2D eigenvalue weighted by atomic mass is 9.94. The molecule has 0 bridgehead atoms. The summed E-state index contributed by atoms with van der Waals surface area (Å²) in [7, 11) is 0. The Balaban J connectivity index is 2.03. The number of hydrogen-bond acceptors (Lipinski definition) is 3. The van der Waals surface area contributed by atoms with Crippen molar-refractivity contribution in [3.8, 4) is 11.5 Å².